The molecule has 0 radical (unpaired) electrons. The van der Waals surface area contributed by atoms with E-state index >= 15 is 0 Å². The maximum Gasteiger partial charge on any atom is 0.260 e. The molecule has 0 fully saturated rings. The van der Waals surface area contributed by atoms with Crippen LogP contribution in [0.25, 0.3) is 0 Å². The smallest absolute Gasteiger partial charge is 0.260 e. The normalized spacial score (nSPS) is 10.7. The predicted octanol–water partition coefficient (Wildman–Crippen LogP) is 3.86. The third-order valence-corrected chi connectivity index (χ3v) is 3.65. The Kier molecular flexibility index (Phi) is 8.18. The van der Waals surface area contributed by atoms with E-state index in [1.165, 1.54) is 0 Å². The summed E-state index contributed by atoms with van der Waals surface area (Å²) in [5.74, 6) is 1.79. The van der Waals surface area contributed by atoms with Gasteiger partial charge in [-0.3, -0.25) is 4.79 Å². The first-order chi connectivity index (χ1) is 10.9. The molecule has 0 aliphatic carbocycles. The summed E-state index contributed by atoms with van der Waals surface area (Å²) >= 11 is 0. The number of carbonyl (C=O) groups excluding carboxylic acids is 1. The van der Waals surface area contributed by atoms with Gasteiger partial charge in [-0.1, -0.05) is 27.7 Å². The maximum absolute atomic E-state index is 12.4. The van der Waals surface area contributed by atoms with Crippen molar-refractivity contribution in [2.24, 2.45) is 11.8 Å². The molecule has 1 rings (SSSR count). The van der Waals surface area contributed by atoms with Gasteiger partial charge in [0.15, 0.2) is 6.61 Å². The zero-order valence-corrected chi connectivity index (χ0v) is 14.7. The van der Waals surface area contributed by atoms with Crippen LogP contribution in [0.5, 0.6) is 5.75 Å². The number of nitriles is 1. The van der Waals surface area contributed by atoms with Crippen LogP contribution in [0.15, 0.2) is 24.3 Å². The fraction of sp³-hybridized carbons (Fsp3) is 0.579. The van der Waals surface area contributed by atoms with Crippen molar-refractivity contribution in [2.45, 2.75) is 40.5 Å². The first-order valence-corrected chi connectivity index (χ1v) is 8.33. The summed E-state index contributed by atoms with van der Waals surface area (Å²) in [6.45, 7) is 10.3. The van der Waals surface area contributed by atoms with Crippen molar-refractivity contribution in [3.05, 3.63) is 29.8 Å². The van der Waals surface area contributed by atoms with E-state index in [2.05, 4.69) is 33.8 Å². The summed E-state index contributed by atoms with van der Waals surface area (Å²) in [6, 6.07) is 8.88. The molecular weight excluding hydrogens is 288 g/mol. The molecule has 0 unspecified atom stereocenters. The van der Waals surface area contributed by atoms with Gasteiger partial charge in [-0.2, -0.15) is 5.26 Å². The average molecular weight is 316 g/mol. The van der Waals surface area contributed by atoms with Crippen LogP contribution in [0.2, 0.25) is 0 Å². The zero-order chi connectivity index (χ0) is 17.2. The molecule has 126 valence electrons. The molecule has 0 spiro atoms. The molecule has 23 heavy (non-hydrogen) atoms. The van der Waals surface area contributed by atoms with E-state index < -0.39 is 0 Å². The minimum absolute atomic E-state index is 0.0238. The molecule has 1 aromatic rings. The number of ether oxygens (including phenoxy) is 1. The highest BCUT2D eigenvalue weighted by Gasteiger charge is 2.15. The van der Waals surface area contributed by atoms with Crippen LogP contribution in [-0.4, -0.2) is 30.5 Å². The van der Waals surface area contributed by atoms with E-state index in [1.807, 2.05) is 4.90 Å². The van der Waals surface area contributed by atoms with Gasteiger partial charge in [0, 0.05) is 13.1 Å². The molecule has 1 aromatic carbocycles. The number of hydrogen-bond donors (Lipinski definition) is 0. The van der Waals surface area contributed by atoms with Crippen molar-refractivity contribution in [3.8, 4) is 11.8 Å². The fourth-order valence-corrected chi connectivity index (χ4v) is 2.05. The van der Waals surface area contributed by atoms with Crippen molar-refractivity contribution >= 4 is 5.91 Å². The monoisotopic (exact) mass is 316 g/mol. The van der Waals surface area contributed by atoms with Gasteiger partial charge in [0.1, 0.15) is 5.75 Å². The Balaban J connectivity index is 2.54. The molecular formula is C19H28N2O2. The highest BCUT2D eigenvalue weighted by molar-refractivity contribution is 5.77. The van der Waals surface area contributed by atoms with E-state index in [0.29, 0.717) is 23.1 Å². The van der Waals surface area contributed by atoms with Crippen LogP contribution in [0.4, 0.5) is 0 Å². The van der Waals surface area contributed by atoms with Gasteiger partial charge >= 0.3 is 0 Å². The van der Waals surface area contributed by atoms with Gasteiger partial charge in [-0.15, -0.1) is 0 Å². The minimum Gasteiger partial charge on any atom is -0.484 e. The van der Waals surface area contributed by atoms with E-state index in [1.54, 1.807) is 24.3 Å². The SMILES string of the molecule is CC(C)CCN(CCC(C)C)C(=O)COc1ccc(C#N)cc1. The minimum atomic E-state index is 0.0238. The van der Waals surface area contributed by atoms with Crippen molar-refractivity contribution in [1.82, 2.24) is 4.90 Å². The van der Waals surface area contributed by atoms with Crippen molar-refractivity contribution in [1.29, 1.82) is 5.26 Å². The summed E-state index contributed by atoms with van der Waals surface area (Å²) in [5, 5.41) is 8.78. The first kappa shape index (κ1) is 19.0. The molecule has 0 aliphatic rings. The van der Waals surface area contributed by atoms with Crippen LogP contribution in [0, 0.1) is 23.2 Å². The van der Waals surface area contributed by atoms with Crippen LogP contribution in [0.1, 0.15) is 46.1 Å². The largest absolute Gasteiger partial charge is 0.484 e. The second kappa shape index (κ2) is 9.89. The third-order valence-electron chi connectivity index (χ3n) is 3.65. The Morgan fingerprint density at radius 1 is 1.09 bits per heavy atom. The molecule has 0 N–H and O–H groups in total. The predicted molar refractivity (Wildman–Crippen MR) is 92.1 cm³/mol. The molecule has 0 aromatic heterocycles. The average Bonchev–Trinajstić information content (AvgIpc) is 2.52. The molecule has 0 heterocycles. The summed E-state index contributed by atoms with van der Waals surface area (Å²) in [4.78, 5) is 14.3. The number of amides is 1. The molecule has 1 amide bonds. The summed E-state index contributed by atoms with van der Waals surface area (Å²) in [5.41, 5.74) is 0.583. The van der Waals surface area contributed by atoms with Crippen LogP contribution in [-0.2, 0) is 4.79 Å². The Hall–Kier alpha value is -2.02. The van der Waals surface area contributed by atoms with Crippen LogP contribution < -0.4 is 4.74 Å². The Morgan fingerprint density at radius 3 is 2.04 bits per heavy atom. The molecule has 0 saturated carbocycles. The van der Waals surface area contributed by atoms with Crippen LogP contribution >= 0.6 is 0 Å². The molecule has 0 bridgehead atoms. The fourth-order valence-electron chi connectivity index (χ4n) is 2.05. The molecule has 0 saturated heterocycles. The second-order valence-corrected chi connectivity index (χ2v) is 6.67. The second-order valence-electron chi connectivity index (χ2n) is 6.67. The van der Waals surface area contributed by atoms with Gasteiger partial charge in [0.25, 0.3) is 5.91 Å². The lowest BCUT2D eigenvalue weighted by Crippen LogP contribution is -2.37. The van der Waals surface area contributed by atoms with Crippen molar-refractivity contribution in [2.75, 3.05) is 19.7 Å². The van der Waals surface area contributed by atoms with Gasteiger partial charge in [0.05, 0.1) is 11.6 Å². The Morgan fingerprint density at radius 2 is 1.61 bits per heavy atom. The third kappa shape index (κ3) is 7.69. The Bertz CT molecular complexity index is 503. The van der Waals surface area contributed by atoms with Crippen molar-refractivity contribution in [3.63, 3.8) is 0 Å². The van der Waals surface area contributed by atoms with Gasteiger partial charge in [-0.05, 0) is 48.9 Å². The van der Waals surface area contributed by atoms with Crippen molar-refractivity contribution < 1.29 is 9.53 Å². The zero-order valence-electron chi connectivity index (χ0n) is 14.7. The first-order valence-electron chi connectivity index (χ1n) is 8.33. The van der Waals surface area contributed by atoms with Gasteiger partial charge < -0.3 is 9.64 Å². The Labute approximate surface area is 140 Å². The number of carbonyl (C=O) groups is 1. The lowest BCUT2D eigenvalue weighted by molar-refractivity contribution is -0.133. The highest BCUT2D eigenvalue weighted by atomic mass is 16.5. The molecule has 0 atom stereocenters. The maximum atomic E-state index is 12.4. The van der Waals surface area contributed by atoms with E-state index in [4.69, 9.17) is 10.00 Å². The molecule has 0 aliphatic heterocycles. The highest BCUT2D eigenvalue weighted by Crippen LogP contribution is 2.12. The summed E-state index contributed by atoms with van der Waals surface area (Å²) < 4.78 is 5.56. The summed E-state index contributed by atoms with van der Waals surface area (Å²) in [7, 11) is 0. The standard InChI is InChI=1S/C19H28N2O2/c1-15(2)9-11-21(12-10-16(3)4)19(22)14-23-18-7-5-17(13-20)6-8-18/h5-8,15-16H,9-12,14H2,1-4H3. The molecule has 4 nitrogen and oxygen atoms in total. The van der Waals surface area contributed by atoms with E-state index in [9.17, 15) is 4.79 Å². The number of nitrogens with zero attached hydrogens (tertiary/aromatic N) is 2. The van der Waals surface area contributed by atoms with Gasteiger partial charge in [-0.25, -0.2) is 0 Å². The lowest BCUT2D eigenvalue weighted by atomic mass is 10.1. The number of hydrogen-bond acceptors (Lipinski definition) is 3. The van der Waals surface area contributed by atoms with Gasteiger partial charge in [0.2, 0.25) is 0 Å². The van der Waals surface area contributed by atoms with Crippen LogP contribution in [0.3, 0.4) is 0 Å². The van der Waals surface area contributed by atoms with E-state index in [0.717, 1.165) is 25.9 Å². The number of rotatable bonds is 9. The topological polar surface area (TPSA) is 53.3 Å². The molecule has 4 heteroatoms. The summed E-state index contributed by atoms with van der Waals surface area (Å²) in [6.07, 6.45) is 2.00. The lowest BCUT2D eigenvalue weighted by Gasteiger charge is -2.24. The van der Waals surface area contributed by atoms with E-state index in [-0.39, 0.29) is 12.5 Å². The quantitative estimate of drug-likeness (QED) is 0.695. The number of benzene rings is 1.